The third kappa shape index (κ3) is 2.44. The lowest BCUT2D eigenvalue weighted by Crippen LogP contribution is -2.03. The topological polar surface area (TPSA) is 34.2 Å². The summed E-state index contributed by atoms with van der Waals surface area (Å²) in [7, 11) is 0. The standard InChI is InChI=1S/C12H8BrClN2OS/c13-11-5-9(17-16-11)10-6-15-12(18-10)7-1-3-8(14)4-2-7/h1-6,9,16H. The van der Waals surface area contributed by atoms with E-state index in [-0.39, 0.29) is 6.10 Å². The van der Waals surface area contributed by atoms with E-state index in [1.165, 1.54) is 0 Å². The molecule has 0 spiro atoms. The first-order valence-corrected chi connectivity index (χ1v) is 7.22. The van der Waals surface area contributed by atoms with Crippen LogP contribution in [0.3, 0.4) is 0 Å². The largest absolute Gasteiger partial charge is 0.262 e. The minimum Gasteiger partial charge on any atom is -0.262 e. The van der Waals surface area contributed by atoms with Crippen molar-refractivity contribution in [1.82, 2.24) is 10.5 Å². The first-order chi connectivity index (χ1) is 8.72. The van der Waals surface area contributed by atoms with Gasteiger partial charge in [0.1, 0.15) is 15.7 Å². The van der Waals surface area contributed by atoms with Crippen LogP contribution in [0, 0.1) is 0 Å². The van der Waals surface area contributed by atoms with Crippen molar-refractivity contribution in [1.29, 1.82) is 0 Å². The van der Waals surface area contributed by atoms with Gasteiger partial charge < -0.3 is 0 Å². The van der Waals surface area contributed by atoms with Crippen molar-refractivity contribution in [3.8, 4) is 10.6 Å². The third-order valence-electron chi connectivity index (χ3n) is 2.48. The molecule has 0 bridgehead atoms. The molecule has 0 radical (unpaired) electrons. The maximum absolute atomic E-state index is 5.87. The van der Waals surface area contributed by atoms with E-state index < -0.39 is 0 Å². The fraction of sp³-hybridized carbons (Fsp3) is 0.0833. The van der Waals surface area contributed by atoms with Gasteiger partial charge in [0, 0.05) is 16.8 Å². The van der Waals surface area contributed by atoms with E-state index in [0.717, 1.165) is 25.1 Å². The highest BCUT2D eigenvalue weighted by Crippen LogP contribution is 2.34. The summed E-state index contributed by atoms with van der Waals surface area (Å²) in [5.74, 6) is 0. The van der Waals surface area contributed by atoms with Gasteiger partial charge in [0.15, 0.2) is 0 Å². The van der Waals surface area contributed by atoms with E-state index >= 15 is 0 Å². The Kier molecular flexibility index (Phi) is 3.39. The Morgan fingerprint density at radius 1 is 1.33 bits per heavy atom. The molecule has 6 heteroatoms. The Morgan fingerprint density at radius 3 is 2.78 bits per heavy atom. The summed E-state index contributed by atoms with van der Waals surface area (Å²) in [6.07, 6.45) is 3.71. The van der Waals surface area contributed by atoms with E-state index in [1.807, 2.05) is 36.5 Å². The van der Waals surface area contributed by atoms with E-state index in [1.54, 1.807) is 11.3 Å². The number of benzene rings is 1. The monoisotopic (exact) mass is 342 g/mol. The Hall–Kier alpha value is -0.880. The average Bonchev–Trinajstić information content (AvgIpc) is 2.98. The van der Waals surface area contributed by atoms with Gasteiger partial charge in [0.05, 0.1) is 4.88 Å². The minimum atomic E-state index is -0.0853. The second kappa shape index (κ2) is 5.01. The first-order valence-electron chi connectivity index (χ1n) is 5.23. The quantitative estimate of drug-likeness (QED) is 0.827. The van der Waals surface area contributed by atoms with Gasteiger partial charge in [0.2, 0.25) is 0 Å². The van der Waals surface area contributed by atoms with Crippen LogP contribution in [0.4, 0.5) is 0 Å². The molecule has 1 atom stereocenters. The number of hydroxylamine groups is 1. The summed E-state index contributed by atoms with van der Waals surface area (Å²) in [4.78, 5) is 10.8. The zero-order valence-corrected chi connectivity index (χ0v) is 12.2. The number of thiazole rings is 1. The molecule has 0 saturated heterocycles. The Bertz CT molecular complexity index is 596. The van der Waals surface area contributed by atoms with Crippen LogP contribution in [-0.2, 0) is 4.84 Å². The van der Waals surface area contributed by atoms with E-state index in [0.29, 0.717) is 0 Å². The average molecular weight is 344 g/mol. The Balaban J connectivity index is 1.87. The molecule has 1 N–H and O–H groups in total. The highest BCUT2D eigenvalue weighted by molar-refractivity contribution is 9.11. The van der Waals surface area contributed by atoms with Crippen molar-refractivity contribution in [3.05, 3.63) is 51.0 Å². The normalized spacial score (nSPS) is 18.6. The number of nitrogens with zero attached hydrogens (tertiary/aromatic N) is 1. The van der Waals surface area contributed by atoms with E-state index in [4.69, 9.17) is 16.4 Å². The van der Waals surface area contributed by atoms with Crippen molar-refractivity contribution < 1.29 is 4.84 Å². The highest BCUT2D eigenvalue weighted by atomic mass is 79.9. The summed E-state index contributed by atoms with van der Waals surface area (Å²) in [6, 6.07) is 7.65. The summed E-state index contributed by atoms with van der Waals surface area (Å²) in [5.41, 5.74) is 3.82. The summed E-state index contributed by atoms with van der Waals surface area (Å²) < 4.78 is 0.842. The van der Waals surface area contributed by atoms with Gasteiger partial charge in [-0.3, -0.25) is 10.3 Å². The van der Waals surface area contributed by atoms with Crippen molar-refractivity contribution in [2.75, 3.05) is 0 Å². The molecule has 0 fully saturated rings. The van der Waals surface area contributed by atoms with Crippen LogP contribution < -0.4 is 5.48 Å². The highest BCUT2D eigenvalue weighted by Gasteiger charge is 2.19. The summed E-state index contributed by atoms with van der Waals surface area (Å²) in [6.45, 7) is 0. The molecule has 0 saturated carbocycles. The molecule has 1 aliphatic heterocycles. The van der Waals surface area contributed by atoms with Gasteiger partial charge in [0.25, 0.3) is 0 Å². The van der Waals surface area contributed by atoms with Crippen LogP contribution in [0.1, 0.15) is 11.0 Å². The summed E-state index contributed by atoms with van der Waals surface area (Å²) in [5, 5.41) is 1.69. The number of hydrogen-bond donors (Lipinski definition) is 1. The number of nitrogens with one attached hydrogen (secondary N) is 1. The van der Waals surface area contributed by atoms with Crippen LogP contribution in [0.25, 0.3) is 10.6 Å². The molecule has 1 aromatic heterocycles. The van der Waals surface area contributed by atoms with E-state index in [2.05, 4.69) is 26.4 Å². The molecule has 18 heavy (non-hydrogen) atoms. The fourth-order valence-corrected chi connectivity index (χ4v) is 2.98. The van der Waals surface area contributed by atoms with Gasteiger partial charge in [-0.25, -0.2) is 4.98 Å². The number of rotatable bonds is 2. The summed E-state index contributed by atoms with van der Waals surface area (Å²) >= 11 is 10.8. The zero-order valence-electron chi connectivity index (χ0n) is 9.06. The maximum atomic E-state index is 5.87. The third-order valence-corrected chi connectivity index (χ3v) is 4.26. The molecule has 0 amide bonds. The lowest BCUT2D eigenvalue weighted by atomic mass is 10.2. The van der Waals surface area contributed by atoms with E-state index in [9.17, 15) is 0 Å². The van der Waals surface area contributed by atoms with Crippen molar-refractivity contribution in [3.63, 3.8) is 0 Å². The van der Waals surface area contributed by atoms with Crippen LogP contribution >= 0.6 is 38.9 Å². The molecule has 0 aliphatic carbocycles. The molecule has 92 valence electrons. The van der Waals surface area contributed by atoms with Crippen LogP contribution in [0.5, 0.6) is 0 Å². The van der Waals surface area contributed by atoms with Crippen LogP contribution in [0.15, 0.2) is 41.1 Å². The first kappa shape index (κ1) is 12.2. The molecule has 3 rings (SSSR count). The van der Waals surface area contributed by atoms with Crippen molar-refractivity contribution >= 4 is 38.9 Å². The lowest BCUT2D eigenvalue weighted by molar-refractivity contribution is 0.0476. The predicted molar refractivity (Wildman–Crippen MR) is 76.5 cm³/mol. The molecule has 2 heterocycles. The van der Waals surface area contributed by atoms with Gasteiger partial charge in [-0.1, -0.05) is 23.7 Å². The number of hydrogen-bond acceptors (Lipinski definition) is 4. The molecule has 2 aromatic rings. The predicted octanol–water partition coefficient (Wildman–Crippen LogP) is 4.28. The molecular weight excluding hydrogens is 336 g/mol. The molecular formula is C12H8BrClN2OS. The minimum absolute atomic E-state index is 0.0853. The van der Waals surface area contributed by atoms with Gasteiger partial charge >= 0.3 is 0 Å². The fourth-order valence-electron chi connectivity index (χ4n) is 1.60. The number of aromatic nitrogens is 1. The van der Waals surface area contributed by atoms with Gasteiger partial charge in [-0.15, -0.1) is 11.3 Å². The lowest BCUT2D eigenvalue weighted by Gasteiger charge is -2.02. The second-order valence-corrected chi connectivity index (χ2v) is 6.08. The zero-order chi connectivity index (χ0) is 12.5. The van der Waals surface area contributed by atoms with Crippen LogP contribution in [-0.4, -0.2) is 4.98 Å². The van der Waals surface area contributed by atoms with Crippen LogP contribution in [0.2, 0.25) is 5.02 Å². The van der Waals surface area contributed by atoms with Gasteiger partial charge in [-0.2, -0.15) is 0 Å². The molecule has 3 nitrogen and oxygen atoms in total. The van der Waals surface area contributed by atoms with Gasteiger partial charge in [-0.05, 0) is 34.1 Å². The molecule has 1 unspecified atom stereocenters. The Morgan fingerprint density at radius 2 is 2.11 bits per heavy atom. The van der Waals surface area contributed by atoms with Crippen molar-refractivity contribution in [2.24, 2.45) is 0 Å². The Labute approximate surface area is 122 Å². The molecule has 1 aliphatic rings. The smallest absolute Gasteiger partial charge is 0.142 e. The number of halogens is 2. The SMILES string of the molecule is Clc1ccc(-c2ncc(C3C=C(Br)NO3)s2)cc1. The van der Waals surface area contributed by atoms with Crippen molar-refractivity contribution in [2.45, 2.75) is 6.10 Å². The second-order valence-electron chi connectivity index (χ2n) is 3.73. The maximum Gasteiger partial charge on any atom is 0.142 e. The molecule has 1 aromatic carbocycles.